The molecule has 2 heterocycles. The van der Waals surface area contributed by atoms with Gasteiger partial charge in [-0.15, -0.1) is 0 Å². The fourth-order valence-electron chi connectivity index (χ4n) is 2.92. The number of aromatic nitrogens is 2. The number of likely N-dealkylation sites (tertiary alicyclic amines) is 1. The number of nitrogens with one attached hydrogen (secondary N) is 1. The first-order valence-corrected chi connectivity index (χ1v) is 7.50. The maximum absolute atomic E-state index is 12.7. The Kier molecular flexibility index (Phi) is 4.11. The summed E-state index contributed by atoms with van der Waals surface area (Å²) in [6.45, 7) is 1.47. The van der Waals surface area contributed by atoms with Crippen molar-refractivity contribution in [3.63, 3.8) is 0 Å². The molecule has 6 heteroatoms. The van der Waals surface area contributed by atoms with Crippen molar-refractivity contribution < 1.29 is 9.90 Å². The van der Waals surface area contributed by atoms with Crippen LogP contribution in [0.15, 0.2) is 36.5 Å². The number of hydrogen-bond acceptors (Lipinski definition) is 4. The normalized spacial score (nSPS) is 17.9. The summed E-state index contributed by atoms with van der Waals surface area (Å²) in [6.07, 6.45) is 3.44. The summed E-state index contributed by atoms with van der Waals surface area (Å²) in [5.74, 6) is -0.283. The molecule has 0 aliphatic carbocycles. The third kappa shape index (κ3) is 2.69. The van der Waals surface area contributed by atoms with Crippen LogP contribution in [0.4, 0.5) is 0 Å². The molecule has 0 spiro atoms. The van der Waals surface area contributed by atoms with Crippen molar-refractivity contribution in [3.05, 3.63) is 42.2 Å². The minimum Gasteiger partial charge on any atom is -0.504 e. The molecule has 0 bridgehead atoms. The highest BCUT2D eigenvalue weighted by atomic mass is 16.3. The predicted molar refractivity (Wildman–Crippen MR) is 83.2 cm³/mol. The lowest BCUT2D eigenvalue weighted by Crippen LogP contribution is -2.41. The summed E-state index contributed by atoms with van der Waals surface area (Å²) in [6, 6.07) is 9.60. The van der Waals surface area contributed by atoms with Gasteiger partial charge in [0, 0.05) is 19.1 Å². The number of hydrogen-bond donors (Lipinski definition) is 2. The number of rotatable bonds is 4. The third-order valence-corrected chi connectivity index (χ3v) is 4.00. The number of benzene rings is 1. The van der Waals surface area contributed by atoms with Crippen LogP contribution in [0, 0.1) is 0 Å². The number of carbonyl (C=O) groups excluding carboxylic acids is 1. The van der Waals surface area contributed by atoms with Crippen LogP contribution in [-0.2, 0) is 0 Å². The second-order valence-electron chi connectivity index (χ2n) is 5.50. The molecular weight excluding hydrogens is 280 g/mol. The quantitative estimate of drug-likeness (QED) is 0.895. The van der Waals surface area contributed by atoms with E-state index in [1.807, 2.05) is 37.4 Å². The third-order valence-electron chi connectivity index (χ3n) is 4.00. The molecule has 1 unspecified atom stereocenters. The van der Waals surface area contributed by atoms with Crippen molar-refractivity contribution in [1.82, 2.24) is 20.0 Å². The maximum atomic E-state index is 12.7. The Hall–Kier alpha value is -2.34. The molecule has 2 aromatic rings. The van der Waals surface area contributed by atoms with Gasteiger partial charge >= 0.3 is 0 Å². The van der Waals surface area contributed by atoms with Gasteiger partial charge < -0.3 is 15.3 Å². The summed E-state index contributed by atoms with van der Waals surface area (Å²) in [4.78, 5) is 14.5. The van der Waals surface area contributed by atoms with Gasteiger partial charge in [-0.1, -0.05) is 18.2 Å². The van der Waals surface area contributed by atoms with Crippen LogP contribution in [0.25, 0.3) is 5.69 Å². The van der Waals surface area contributed by atoms with E-state index >= 15 is 0 Å². The van der Waals surface area contributed by atoms with E-state index in [2.05, 4.69) is 10.4 Å². The van der Waals surface area contributed by atoms with Crippen molar-refractivity contribution in [2.45, 2.75) is 18.9 Å². The maximum Gasteiger partial charge on any atom is 0.278 e. The van der Waals surface area contributed by atoms with Gasteiger partial charge in [-0.3, -0.25) is 4.79 Å². The van der Waals surface area contributed by atoms with E-state index in [0.29, 0.717) is 6.54 Å². The molecule has 1 aliphatic heterocycles. The molecule has 1 atom stereocenters. The van der Waals surface area contributed by atoms with Crippen molar-refractivity contribution in [2.24, 2.45) is 0 Å². The van der Waals surface area contributed by atoms with Crippen molar-refractivity contribution in [2.75, 3.05) is 20.1 Å². The van der Waals surface area contributed by atoms with Crippen LogP contribution in [-0.4, -0.2) is 51.9 Å². The highest BCUT2D eigenvalue weighted by molar-refractivity contribution is 5.95. The number of nitrogens with zero attached hydrogens (tertiary/aromatic N) is 3. The second-order valence-corrected chi connectivity index (χ2v) is 5.50. The number of aromatic hydroxyl groups is 1. The lowest BCUT2D eigenvalue weighted by Gasteiger charge is -2.23. The molecule has 116 valence electrons. The Morgan fingerprint density at radius 1 is 1.41 bits per heavy atom. The van der Waals surface area contributed by atoms with E-state index in [1.54, 1.807) is 4.90 Å². The summed E-state index contributed by atoms with van der Waals surface area (Å²) < 4.78 is 1.53. The molecule has 22 heavy (non-hydrogen) atoms. The molecule has 0 saturated carbocycles. The number of carbonyl (C=O) groups is 1. The van der Waals surface area contributed by atoms with Crippen LogP contribution in [0.1, 0.15) is 23.3 Å². The highest BCUT2D eigenvalue weighted by Gasteiger charge is 2.31. The molecule has 0 radical (unpaired) electrons. The van der Waals surface area contributed by atoms with Gasteiger partial charge in [0.25, 0.3) is 5.91 Å². The zero-order valence-electron chi connectivity index (χ0n) is 12.6. The van der Waals surface area contributed by atoms with Crippen LogP contribution in [0.2, 0.25) is 0 Å². The van der Waals surface area contributed by atoms with Crippen LogP contribution >= 0.6 is 0 Å². The summed E-state index contributed by atoms with van der Waals surface area (Å²) in [5.41, 5.74) is 0.928. The summed E-state index contributed by atoms with van der Waals surface area (Å²) in [7, 11) is 1.88. The Bertz CT molecular complexity index is 653. The van der Waals surface area contributed by atoms with Crippen molar-refractivity contribution in [1.29, 1.82) is 0 Å². The first kappa shape index (κ1) is 14.6. The van der Waals surface area contributed by atoms with Gasteiger partial charge in [0.05, 0.1) is 11.9 Å². The average molecular weight is 300 g/mol. The zero-order chi connectivity index (χ0) is 15.5. The number of likely N-dealkylation sites (N-methyl/N-ethyl adjacent to an activating group) is 1. The minimum atomic E-state index is -0.204. The number of amides is 1. The Balaban J connectivity index is 1.86. The van der Waals surface area contributed by atoms with E-state index in [1.165, 1.54) is 10.9 Å². The summed E-state index contributed by atoms with van der Waals surface area (Å²) >= 11 is 0. The Morgan fingerprint density at radius 3 is 2.91 bits per heavy atom. The first-order chi connectivity index (χ1) is 10.7. The van der Waals surface area contributed by atoms with Gasteiger partial charge in [0.2, 0.25) is 0 Å². The molecule has 2 N–H and O–H groups in total. The van der Waals surface area contributed by atoms with E-state index in [4.69, 9.17) is 0 Å². The van der Waals surface area contributed by atoms with Crippen molar-refractivity contribution in [3.8, 4) is 11.4 Å². The van der Waals surface area contributed by atoms with Gasteiger partial charge in [0.1, 0.15) is 0 Å². The van der Waals surface area contributed by atoms with Gasteiger partial charge in [-0.25, -0.2) is 4.68 Å². The molecule has 1 amide bonds. The Labute approximate surface area is 129 Å². The zero-order valence-corrected chi connectivity index (χ0v) is 12.6. The highest BCUT2D eigenvalue weighted by Crippen LogP contribution is 2.24. The molecule has 1 saturated heterocycles. The largest absolute Gasteiger partial charge is 0.504 e. The van der Waals surface area contributed by atoms with Crippen molar-refractivity contribution >= 4 is 5.91 Å². The molecule has 1 aromatic heterocycles. The van der Waals surface area contributed by atoms with E-state index in [9.17, 15) is 9.90 Å². The molecule has 6 nitrogen and oxygen atoms in total. The van der Waals surface area contributed by atoms with Gasteiger partial charge in [0.15, 0.2) is 11.4 Å². The Morgan fingerprint density at radius 2 is 2.18 bits per heavy atom. The second kappa shape index (κ2) is 6.19. The van der Waals surface area contributed by atoms with Crippen LogP contribution in [0.5, 0.6) is 5.75 Å². The van der Waals surface area contributed by atoms with Crippen LogP contribution < -0.4 is 5.32 Å². The molecule has 1 fully saturated rings. The molecule has 3 rings (SSSR count). The van der Waals surface area contributed by atoms with Gasteiger partial charge in [-0.05, 0) is 32.0 Å². The fraction of sp³-hybridized carbons (Fsp3) is 0.375. The molecular formula is C16H20N4O2. The van der Waals surface area contributed by atoms with E-state index < -0.39 is 0 Å². The predicted octanol–water partition coefficient (Wildman–Crippen LogP) is 1.40. The lowest BCUT2D eigenvalue weighted by atomic mass is 10.2. The molecule has 1 aromatic carbocycles. The smallest absolute Gasteiger partial charge is 0.278 e. The lowest BCUT2D eigenvalue weighted by molar-refractivity contribution is 0.0727. The fourth-order valence-corrected chi connectivity index (χ4v) is 2.92. The first-order valence-electron chi connectivity index (χ1n) is 7.50. The monoisotopic (exact) mass is 300 g/mol. The SMILES string of the molecule is CNCC1CCCN1C(=O)c1nn(-c2ccccc2)cc1O. The molecule has 1 aliphatic rings. The van der Waals surface area contributed by atoms with Crippen LogP contribution in [0.3, 0.4) is 0 Å². The van der Waals surface area contributed by atoms with Gasteiger partial charge in [-0.2, -0.15) is 5.10 Å². The topological polar surface area (TPSA) is 70.4 Å². The minimum absolute atomic E-state index is 0.0797. The number of para-hydroxylation sites is 1. The van der Waals surface area contributed by atoms with E-state index in [-0.39, 0.29) is 23.4 Å². The average Bonchev–Trinajstić information content (AvgIpc) is 3.15. The summed E-state index contributed by atoms with van der Waals surface area (Å²) in [5, 5.41) is 17.5. The standard InChI is InChI=1S/C16H20N4O2/c1-17-10-13-8-5-9-19(13)16(22)15-14(21)11-20(18-15)12-6-3-2-4-7-12/h2-4,6-7,11,13,17,21H,5,8-10H2,1H3. The van der Waals surface area contributed by atoms with E-state index in [0.717, 1.165) is 25.1 Å².